The first-order valence-electron chi connectivity index (χ1n) is 6.11. The van der Waals surface area contributed by atoms with Crippen LogP contribution in [0.5, 0.6) is 0 Å². The number of amides is 1. The minimum Gasteiger partial charge on any atom is -0.479 e. The molecule has 2 saturated heterocycles. The molecule has 0 aromatic heterocycles. The molecule has 3 atom stereocenters. The molecule has 2 rings (SSSR count). The Morgan fingerprint density at radius 1 is 1.39 bits per heavy atom. The number of aliphatic hydroxyl groups excluding tert-OH is 1. The first-order chi connectivity index (χ1) is 8.17. The fourth-order valence-corrected chi connectivity index (χ4v) is 2.92. The summed E-state index contributed by atoms with van der Waals surface area (Å²) in [6.45, 7) is 5.19. The van der Waals surface area contributed by atoms with Crippen LogP contribution < -0.4 is 0 Å². The summed E-state index contributed by atoms with van der Waals surface area (Å²) < 4.78 is 5.24. The van der Waals surface area contributed by atoms with E-state index in [0.717, 1.165) is 0 Å². The lowest BCUT2D eigenvalue weighted by molar-refractivity contribution is -0.148. The zero-order valence-electron chi connectivity index (χ0n) is 10.8. The molecule has 0 aromatic rings. The van der Waals surface area contributed by atoms with Crippen molar-refractivity contribution in [2.24, 2.45) is 0 Å². The number of fused-ring (bicyclic) bond motifs is 2. The van der Waals surface area contributed by atoms with Gasteiger partial charge in [0.2, 0.25) is 0 Å². The van der Waals surface area contributed by atoms with Crippen molar-refractivity contribution in [1.82, 2.24) is 4.90 Å². The summed E-state index contributed by atoms with van der Waals surface area (Å²) in [6.07, 6.45) is -0.450. The minimum absolute atomic E-state index is 0.0895. The fraction of sp³-hybridized carbons (Fsp3) is 0.833. The van der Waals surface area contributed by atoms with Gasteiger partial charge in [0.1, 0.15) is 11.1 Å². The van der Waals surface area contributed by atoms with E-state index in [2.05, 4.69) is 0 Å². The van der Waals surface area contributed by atoms with Gasteiger partial charge in [-0.15, -0.1) is 0 Å². The van der Waals surface area contributed by atoms with E-state index in [4.69, 9.17) is 4.74 Å². The standard InChI is InChI=1S/C12H19NO5/c1-11(2,3)18-10(17)13-7-4-5-12(13,9(15)16)6-8(7)14/h7-8,14H,4-6H2,1-3H3,(H,15,16)/t7-,8-,12-/m0/s1. The molecule has 6 nitrogen and oxygen atoms in total. The molecule has 1 amide bonds. The molecule has 0 aliphatic carbocycles. The zero-order chi connectivity index (χ0) is 13.7. The van der Waals surface area contributed by atoms with Gasteiger partial charge in [-0.1, -0.05) is 0 Å². The van der Waals surface area contributed by atoms with Crippen LogP contribution in [0.25, 0.3) is 0 Å². The van der Waals surface area contributed by atoms with E-state index in [-0.39, 0.29) is 6.42 Å². The summed E-state index contributed by atoms with van der Waals surface area (Å²) >= 11 is 0. The van der Waals surface area contributed by atoms with E-state index >= 15 is 0 Å². The number of hydrogen-bond donors (Lipinski definition) is 2. The molecule has 2 aliphatic heterocycles. The van der Waals surface area contributed by atoms with Crippen molar-refractivity contribution in [2.75, 3.05) is 0 Å². The second kappa shape index (κ2) is 3.85. The minimum atomic E-state index is -1.29. The second-order valence-electron chi connectivity index (χ2n) is 6.06. The summed E-state index contributed by atoms with van der Waals surface area (Å²) in [5.41, 5.74) is -1.96. The van der Waals surface area contributed by atoms with E-state index < -0.39 is 35.3 Å². The number of carboxylic acid groups (broad SMARTS) is 1. The van der Waals surface area contributed by atoms with Crippen LogP contribution in [0.4, 0.5) is 4.79 Å². The van der Waals surface area contributed by atoms with Gasteiger partial charge in [0.25, 0.3) is 0 Å². The van der Waals surface area contributed by atoms with Crippen LogP contribution in [0, 0.1) is 0 Å². The monoisotopic (exact) mass is 257 g/mol. The number of carbonyl (C=O) groups excluding carboxylic acids is 1. The Hall–Kier alpha value is -1.30. The average Bonchev–Trinajstić information content (AvgIpc) is 2.67. The Bertz CT molecular complexity index is 388. The number of ether oxygens (including phenoxy) is 1. The number of aliphatic hydroxyl groups is 1. The topological polar surface area (TPSA) is 87.1 Å². The quantitative estimate of drug-likeness (QED) is 0.731. The SMILES string of the molecule is CC(C)(C)OC(=O)N1[C@H]2CC[C@@]1(C(=O)O)C[C@@H]2O. The number of rotatable bonds is 1. The van der Waals surface area contributed by atoms with E-state index in [9.17, 15) is 19.8 Å². The summed E-state index contributed by atoms with van der Waals surface area (Å²) in [5, 5.41) is 19.2. The summed E-state index contributed by atoms with van der Waals surface area (Å²) in [7, 11) is 0. The number of nitrogens with zero attached hydrogens (tertiary/aromatic N) is 1. The Kier molecular flexibility index (Phi) is 2.81. The fourth-order valence-electron chi connectivity index (χ4n) is 2.92. The predicted molar refractivity (Wildman–Crippen MR) is 62.1 cm³/mol. The molecule has 2 heterocycles. The number of hydrogen-bond acceptors (Lipinski definition) is 4. The number of carboxylic acids is 1. The lowest BCUT2D eigenvalue weighted by Crippen LogP contribution is -2.52. The summed E-state index contributed by atoms with van der Waals surface area (Å²) in [4.78, 5) is 24.8. The van der Waals surface area contributed by atoms with Crippen molar-refractivity contribution in [3.63, 3.8) is 0 Å². The molecule has 102 valence electrons. The van der Waals surface area contributed by atoms with Gasteiger partial charge in [-0.05, 0) is 33.6 Å². The van der Waals surface area contributed by atoms with Crippen molar-refractivity contribution in [2.45, 2.75) is 63.3 Å². The third-order valence-corrected chi connectivity index (χ3v) is 3.63. The molecule has 2 fully saturated rings. The highest BCUT2D eigenvalue weighted by Crippen LogP contribution is 2.47. The van der Waals surface area contributed by atoms with Crippen molar-refractivity contribution < 1.29 is 24.5 Å². The highest BCUT2D eigenvalue weighted by molar-refractivity contribution is 5.86. The van der Waals surface area contributed by atoms with Crippen LogP contribution in [-0.4, -0.2) is 50.5 Å². The maximum atomic E-state index is 12.1. The molecule has 0 radical (unpaired) electrons. The van der Waals surface area contributed by atoms with E-state index in [1.807, 2.05) is 0 Å². The van der Waals surface area contributed by atoms with Gasteiger partial charge in [-0.2, -0.15) is 0 Å². The Morgan fingerprint density at radius 3 is 2.44 bits per heavy atom. The number of aliphatic carboxylic acids is 1. The molecular formula is C12H19NO5. The van der Waals surface area contributed by atoms with E-state index in [0.29, 0.717) is 12.8 Å². The van der Waals surface area contributed by atoms with E-state index in [1.165, 1.54) is 4.90 Å². The number of carbonyl (C=O) groups is 2. The lowest BCUT2D eigenvalue weighted by Gasteiger charge is -2.32. The van der Waals surface area contributed by atoms with Gasteiger partial charge in [0.05, 0.1) is 12.1 Å². The average molecular weight is 257 g/mol. The smallest absolute Gasteiger partial charge is 0.411 e. The summed E-state index contributed by atoms with van der Waals surface area (Å²) in [6, 6.07) is -0.434. The largest absolute Gasteiger partial charge is 0.479 e. The predicted octanol–water partition coefficient (Wildman–Crippen LogP) is 0.974. The third kappa shape index (κ3) is 1.84. The molecule has 2 N–H and O–H groups in total. The molecule has 0 saturated carbocycles. The van der Waals surface area contributed by atoms with Crippen LogP contribution >= 0.6 is 0 Å². The lowest BCUT2D eigenvalue weighted by atomic mass is 9.86. The molecule has 0 aromatic carbocycles. The van der Waals surface area contributed by atoms with Gasteiger partial charge < -0.3 is 14.9 Å². The van der Waals surface area contributed by atoms with Gasteiger partial charge in [0.15, 0.2) is 0 Å². The Balaban J connectivity index is 2.27. The first-order valence-corrected chi connectivity index (χ1v) is 6.11. The zero-order valence-corrected chi connectivity index (χ0v) is 10.8. The van der Waals surface area contributed by atoms with Crippen molar-refractivity contribution in [1.29, 1.82) is 0 Å². The maximum absolute atomic E-state index is 12.1. The molecule has 0 unspecified atom stereocenters. The second-order valence-corrected chi connectivity index (χ2v) is 6.06. The van der Waals surface area contributed by atoms with Gasteiger partial charge in [0, 0.05) is 6.42 Å². The van der Waals surface area contributed by atoms with Crippen LogP contribution in [0.15, 0.2) is 0 Å². The normalized spacial score (nSPS) is 34.8. The highest BCUT2D eigenvalue weighted by Gasteiger charge is 2.63. The van der Waals surface area contributed by atoms with Crippen LogP contribution in [0.3, 0.4) is 0 Å². The van der Waals surface area contributed by atoms with E-state index in [1.54, 1.807) is 20.8 Å². The van der Waals surface area contributed by atoms with Crippen molar-refractivity contribution in [3.8, 4) is 0 Å². The molecule has 2 bridgehead atoms. The summed E-state index contributed by atoms with van der Waals surface area (Å²) in [5.74, 6) is -1.06. The Labute approximate surface area is 106 Å². The van der Waals surface area contributed by atoms with Crippen molar-refractivity contribution in [3.05, 3.63) is 0 Å². The van der Waals surface area contributed by atoms with Crippen LogP contribution in [0.1, 0.15) is 40.0 Å². The van der Waals surface area contributed by atoms with Gasteiger partial charge in [-0.25, -0.2) is 9.59 Å². The third-order valence-electron chi connectivity index (χ3n) is 3.63. The molecule has 0 spiro atoms. The molecular weight excluding hydrogens is 238 g/mol. The van der Waals surface area contributed by atoms with Crippen LogP contribution in [0.2, 0.25) is 0 Å². The van der Waals surface area contributed by atoms with Gasteiger partial charge in [-0.3, -0.25) is 4.90 Å². The Morgan fingerprint density at radius 2 is 2.00 bits per heavy atom. The highest BCUT2D eigenvalue weighted by atomic mass is 16.6. The van der Waals surface area contributed by atoms with Gasteiger partial charge >= 0.3 is 12.1 Å². The van der Waals surface area contributed by atoms with Crippen molar-refractivity contribution >= 4 is 12.1 Å². The molecule has 6 heteroatoms. The van der Waals surface area contributed by atoms with Crippen LogP contribution in [-0.2, 0) is 9.53 Å². The maximum Gasteiger partial charge on any atom is 0.411 e. The first kappa shape index (κ1) is 13.1. The molecule has 2 aliphatic rings. The molecule has 18 heavy (non-hydrogen) atoms.